The van der Waals surface area contributed by atoms with E-state index in [0.717, 1.165) is 0 Å². The third-order valence-electron chi connectivity index (χ3n) is 5.49. The molecule has 0 saturated heterocycles. The number of nitrogens with zero attached hydrogens (tertiary/aromatic N) is 2. The van der Waals surface area contributed by atoms with E-state index in [1.165, 1.54) is 9.13 Å². The lowest BCUT2D eigenvalue weighted by molar-refractivity contribution is 0.700. The van der Waals surface area contributed by atoms with Crippen LogP contribution in [0.3, 0.4) is 0 Å². The Morgan fingerprint density at radius 1 is 0.676 bits per heavy atom. The van der Waals surface area contributed by atoms with Gasteiger partial charge in [0.05, 0.1) is 44.2 Å². The van der Waals surface area contributed by atoms with Gasteiger partial charge in [-0.3, -0.25) is 20.0 Å². The van der Waals surface area contributed by atoms with E-state index in [4.69, 9.17) is 68.7 Å². The number of nitrogen functional groups attached to an aromatic ring is 2. The van der Waals surface area contributed by atoms with Crippen LogP contribution in [0.1, 0.15) is 22.3 Å². The molecule has 4 aromatic rings. The molecule has 0 atom stereocenters. The molecular weight excluding hydrogens is 518 g/mol. The first kappa shape index (κ1) is 24.2. The second-order valence-electron chi connectivity index (χ2n) is 7.55. The van der Waals surface area contributed by atoms with Gasteiger partial charge in [-0.25, -0.2) is 4.79 Å². The number of rotatable bonds is 6. The zero-order valence-electron chi connectivity index (χ0n) is 17.5. The summed E-state index contributed by atoms with van der Waals surface area (Å²) in [5, 5.41) is 16.0. The number of hydrogen-bond acceptors (Lipinski definition) is 3. The minimum Gasteiger partial charge on any atom is -0.384 e. The highest BCUT2D eigenvalue weighted by Gasteiger charge is 2.25. The van der Waals surface area contributed by atoms with Gasteiger partial charge in [0.1, 0.15) is 11.7 Å². The summed E-state index contributed by atoms with van der Waals surface area (Å²) in [5.41, 5.74) is 13.9. The molecule has 0 unspecified atom stereocenters. The average molecular weight is 536 g/mol. The first-order chi connectivity index (χ1) is 16.1. The third kappa shape index (κ3) is 4.05. The molecule has 174 valence electrons. The fourth-order valence-corrected chi connectivity index (χ4v) is 4.95. The van der Waals surface area contributed by atoms with E-state index < -0.39 is 5.69 Å². The van der Waals surface area contributed by atoms with Crippen LogP contribution in [0.25, 0.3) is 11.0 Å². The molecule has 34 heavy (non-hydrogen) atoms. The van der Waals surface area contributed by atoms with Crippen molar-refractivity contribution in [3.05, 3.63) is 101 Å². The normalized spacial score (nSPS) is 11.2. The fraction of sp³-hybridized carbons (Fsp3) is 0.0870. The maximum absolute atomic E-state index is 13.7. The highest BCUT2D eigenvalue weighted by molar-refractivity contribution is 6.55. The standard InChI is InChI=1S/C23H18Cl4N6O/c24-15-16(25)18(27)20-19(17(15)26)32(9-11-5-1-3-7-13(11)21(28)29)23(34)33(20)10-12-6-2-4-8-14(12)22(30)31/h1-8H,9-10H2,(H3,28,29)(H3,30,31). The molecule has 11 heteroatoms. The summed E-state index contributed by atoms with van der Waals surface area (Å²) in [6.45, 7) is 0.112. The van der Waals surface area contributed by atoms with Crippen LogP contribution in [0, 0.1) is 10.8 Å². The maximum atomic E-state index is 13.7. The van der Waals surface area contributed by atoms with Crippen LogP contribution in [-0.4, -0.2) is 20.8 Å². The highest BCUT2D eigenvalue weighted by Crippen LogP contribution is 2.43. The molecule has 0 spiro atoms. The Morgan fingerprint density at radius 3 is 1.38 bits per heavy atom. The molecular formula is C23H18Cl4N6O. The van der Waals surface area contributed by atoms with Crippen molar-refractivity contribution in [3.8, 4) is 0 Å². The smallest absolute Gasteiger partial charge is 0.329 e. The van der Waals surface area contributed by atoms with Gasteiger partial charge in [0.15, 0.2) is 0 Å². The lowest BCUT2D eigenvalue weighted by atomic mass is 10.1. The van der Waals surface area contributed by atoms with Gasteiger partial charge in [-0.1, -0.05) is 94.9 Å². The lowest BCUT2D eigenvalue weighted by Crippen LogP contribution is -2.27. The monoisotopic (exact) mass is 534 g/mol. The van der Waals surface area contributed by atoms with Gasteiger partial charge in [-0.2, -0.15) is 0 Å². The van der Waals surface area contributed by atoms with Crippen LogP contribution >= 0.6 is 46.4 Å². The van der Waals surface area contributed by atoms with E-state index in [9.17, 15) is 4.79 Å². The summed E-state index contributed by atoms with van der Waals surface area (Å²) in [5.74, 6) is -0.263. The van der Waals surface area contributed by atoms with E-state index in [2.05, 4.69) is 0 Å². The molecule has 3 aromatic carbocycles. The molecule has 1 heterocycles. The summed E-state index contributed by atoms with van der Waals surface area (Å²) < 4.78 is 2.84. The molecule has 0 fully saturated rings. The van der Waals surface area contributed by atoms with Crippen molar-refractivity contribution in [2.24, 2.45) is 11.5 Å². The summed E-state index contributed by atoms with van der Waals surface area (Å²) in [6, 6.07) is 14.0. The Morgan fingerprint density at radius 2 is 1.03 bits per heavy atom. The maximum Gasteiger partial charge on any atom is 0.329 e. The van der Waals surface area contributed by atoms with E-state index in [0.29, 0.717) is 33.3 Å². The van der Waals surface area contributed by atoms with E-state index in [1.54, 1.807) is 48.5 Å². The van der Waals surface area contributed by atoms with Crippen LogP contribution < -0.4 is 17.2 Å². The number of fused-ring (bicyclic) bond motifs is 1. The molecule has 0 bridgehead atoms. The molecule has 0 saturated carbocycles. The van der Waals surface area contributed by atoms with Crippen molar-refractivity contribution in [2.45, 2.75) is 13.1 Å². The van der Waals surface area contributed by atoms with Crippen molar-refractivity contribution < 1.29 is 0 Å². The number of benzene rings is 3. The van der Waals surface area contributed by atoms with Crippen LogP contribution in [0.15, 0.2) is 53.3 Å². The van der Waals surface area contributed by atoms with Crippen LogP contribution in [0.4, 0.5) is 0 Å². The zero-order chi connectivity index (χ0) is 24.7. The second kappa shape index (κ2) is 9.35. The number of aromatic nitrogens is 2. The van der Waals surface area contributed by atoms with Crippen molar-refractivity contribution in [2.75, 3.05) is 0 Å². The van der Waals surface area contributed by atoms with Crippen LogP contribution in [-0.2, 0) is 13.1 Å². The van der Waals surface area contributed by atoms with Gasteiger partial charge in [0.2, 0.25) is 0 Å². The van der Waals surface area contributed by atoms with E-state index in [1.807, 2.05) is 0 Å². The second-order valence-corrected chi connectivity index (χ2v) is 9.06. The fourth-order valence-electron chi connectivity index (χ4n) is 3.91. The van der Waals surface area contributed by atoms with Crippen molar-refractivity contribution in [3.63, 3.8) is 0 Å². The Balaban J connectivity index is 2.02. The topological polar surface area (TPSA) is 127 Å². The molecule has 7 nitrogen and oxygen atoms in total. The van der Waals surface area contributed by atoms with Gasteiger partial charge in [0.25, 0.3) is 0 Å². The van der Waals surface area contributed by atoms with Crippen molar-refractivity contribution in [1.82, 2.24) is 9.13 Å². The van der Waals surface area contributed by atoms with Gasteiger partial charge < -0.3 is 11.5 Å². The van der Waals surface area contributed by atoms with Crippen LogP contribution in [0.2, 0.25) is 20.1 Å². The van der Waals surface area contributed by atoms with E-state index >= 15 is 0 Å². The molecule has 0 radical (unpaired) electrons. The van der Waals surface area contributed by atoms with Crippen LogP contribution in [0.5, 0.6) is 0 Å². The number of nitrogens with one attached hydrogen (secondary N) is 2. The van der Waals surface area contributed by atoms with Gasteiger partial charge in [-0.05, 0) is 11.1 Å². The summed E-state index contributed by atoms with van der Waals surface area (Å²) in [6.07, 6.45) is 0. The number of halogens is 4. The SMILES string of the molecule is N=C(N)c1ccccc1Cn1c(=O)n(Cc2ccccc2C(=N)N)c2c(Cl)c(Cl)c(Cl)c(Cl)c21. The predicted molar refractivity (Wildman–Crippen MR) is 139 cm³/mol. The lowest BCUT2D eigenvalue weighted by Gasteiger charge is -2.11. The molecule has 6 N–H and O–H groups in total. The quantitative estimate of drug-likeness (QED) is 0.119. The molecule has 0 amide bonds. The number of hydrogen-bond donors (Lipinski definition) is 4. The first-order valence-corrected chi connectivity index (χ1v) is 11.4. The van der Waals surface area contributed by atoms with Gasteiger partial charge >= 0.3 is 5.69 Å². The summed E-state index contributed by atoms with van der Waals surface area (Å²) in [4.78, 5) is 13.7. The third-order valence-corrected chi connectivity index (χ3v) is 7.27. The zero-order valence-corrected chi connectivity index (χ0v) is 20.5. The van der Waals surface area contributed by atoms with E-state index in [-0.39, 0.29) is 44.9 Å². The highest BCUT2D eigenvalue weighted by atomic mass is 35.5. The average Bonchev–Trinajstić information content (AvgIpc) is 3.08. The minimum atomic E-state index is -0.436. The minimum absolute atomic E-state index is 0.0238. The Hall–Kier alpha value is -2.97. The Kier molecular flexibility index (Phi) is 6.64. The number of nitrogens with two attached hydrogens (primary N) is 2. The Bertz CT molecular complexity index is 1430. The number of amidine groups is 2. The molecule has 0 aliphatic heterocycles. The van der Waals surface area contributed by atoms with Gasteiger partial charge in [0, 0.05) is 11.1 Å². The predicted octanol–water partition coefficient (Wildman–Crippen LogP) is 5.08. The number of imidazole rings is 1. The van der Waals surface area contributed by atoms with Crippen molar-refractivity contribution in [1.29, 1.82) is 10.8 Å². The summed E-state index contributed by atoms with van der Waals surface area (Å²) >= 11 is 25.8. The molecule has 0 aliphatic rings. The largest absolute Gasteiger partial charge is 0.384 e. The molecule has 0 aliphatic carbocycles. The van der Waals surface area contributed by atoms with Crippen molar-refractivity contribution >= 4 is 69.1 Å². The first-order valence-electron chi connectivity index (χ1n) is 9.93. The van der Waals surface area contributed by atoms with Gasteiger partial charge in [-0.15, -0.1) is 0 Å². The Labute approximate surface area is 214 Å². The molecule has 4 rings (SSSR count). The summed E-state index contributed by atoms with van der Waals surface area (Å²) in [7, 11) is 0. The molecule has 1 aromatic heterocycles.